The number of allylic oxidation sites excluding steroid dienone is 1. The van der Waals surface area contributed by atoms with Crippen LogP contribution in [0.25, 0.3) is 11.0 Å². The van der Waals surface area contributed by atoms with Crippen LogP contribution in [-0.2, 0) is 48.8 Å². The number of carbonyl (C=O) groups is 3. The smallest absolute Gasteiger partial charge is 0.160 e. The zero-order chi connectivity index (χ0) is 60.5. The highest BCUT2D eigenvalue weighted by molar-refractivity contribution is 6.02. The Balaban J connectivity index is 1.01. The lowest BCUT2D eigenvalue weighted by Gasteiger charge is -2.74. The summed E-state index contributed by atoms with van der Waals surface area (Å²) in [6.45, 7) is 19.8. The lowest BCUT2D eigenvalue weighted by molar-refractivity contribution is -0.266. The number of aliphatic hydroxyl groups excluding tert-OH is 3. The third-order valence-corrected chi connectivity index (χ3v) is 27.4. The molecule has 0 radical (unpaired) electrons. The number of aromatic nitrogens is 2. The van der Waals surface area contributed by atoms with Crippen LogP contribution in [0.3, 0.4) is 0 Å². The number of nitrogens with one attached hydrogen (secondary N) is 2. The van der Waals surface area contributed by atoms with Crippen molar-refractivity contribution in [2.75, 3.05) is 26.8 Å². The second-order valence-corrected chi connectivity index (χ2v) is 32.4. The number of Topliss-reactive ketones (excluding diaryl/α,β-unsaturated/α-hetero) is 3. The Hall–Kier alpha value is -3.93. The van der Waals surface area contributed by atoms with Crippen LogP contribution >= 0.6 is 0 Å². The number of hydrogen-bond acceptors (Lipinski definition) is 10. The van der Waals surface area contributed by atoms with Gasteiger partial charge in [-0.3, -0.25) is 14.4 Å². The number of epoxide rings is 1. The predicted octanol–water partition coefficient (Wildman–Crippen LogP) is 11.6. The van der Waals surface area contributed by atoms with E-state index in [2.05, 4.69) is 92.8 Å². The molecule has 8 aliphatic carbocycles. The van der Waals surface area contributed by atoms with Crippen molar-refractivity contribution in [1.82, 2.24) is 14.9 Å². The summed E-state index contributed by atoms with van der Waals surface area (Å²) in [4.78, 5) is 51.7. The standard InChI is InChI=1S/C74H101N3O9/c1-42(2)18-19-44-32-49-50(33-45(43-15-11-10-12-16-43)34-53(49)74(84)26-29-85-30-27-74)58(63(44)82)51-40-77-41-52-59-60-54(79)37-70(59,7)73(22-14-13-17-47(31-46-39-76-61(51)62(46)77)69(60,6)36-55(80)66-67(3,4)86-66)24-21-56-68(5,25-28-75-9)57(81)38-72(23-20-48(78)35-72)71(56,8)65(73)64(52)83/h33-34,39-40,42-44,47-48,52,55-56,58,64-66,75-76,78,80,83-84H,10-12,15-32,35-38,41H2,1-9H3. The maximum Gasteiger partial charge on any atom is 0.160 e. The van der Waals surface area contributed by atoms with E-state index >= 15 is 14.4 Å². The molecule has 0 amide bonds. The van der Waals surface area contributed by atoms with E-state index in [0.29, 0.717) is 122 Å². The SMILES string of the molecule is CNCCC1(C)C(=O)CC2(CCC(O)C2)C2(C)C1CCC13CC#CCC4Cc5c[nH]c6c(C7C(=O)C(CCC(C)C)Cc8c7cc(C7CCCCC7)cc8C7(O)CCOCC7)cn(c56)CC(C5=C(C(=O)CC51C)C4(C)CC(O)C1OC1(C)C)C(O)C32. The molecule has 11 aliphatic rings. The van der Waals surface area contributed by atoms with Gasteiger partial charge in [0.25, 0.3) is 0 Å². The topological polar surface area (TPSA) is 187 Å². The highest BCUT2D eigenvalue weighted by atomic mass is 16.6. The summed E-state index contributed by atoms with van der Waals surface area (Å²) in [5, 5.41) is 55.6. The molecule has 466 valence electrons. The van der Waals surface area contributed by atoms with E-state index in [9.17, 15) is 20.4 Å². The Kier molecular flexibility index (Phi) is 14.4. The summed E-state index contributed by atoms with van der Waals surface area (Å²) < 4.78 is 14.6. The van der Waals surface area contributed by atoms with Crippen molar-refractivity contribution >= 4 is 28.4 Å². The molecule has 3 aromatic rings. The lowest BCUT2D eigenvalue weighted by atomic mass is 9.29. The number of benzene rings is 1. The molecule has 16 atom stereocenters. The number of aliphatic hydroxyl groups is 4. The van der Waals surface area contributed by atoms with Gasteiger partial charge in [-0.2, -0.15) is 0 Å². The molecule has 86 heavy (non-hydrogen) atoms. The maximum absolute atomic E-state index is 16.3. The predicted molar refractivity (Wildman–Crippen MR) is 332 cm³/mol. The number of ketones is 3. The highest BCUT2D eigenvalue weighted by Crippen LogP contribution is 2.81. The summed E-state index contributed by atoms with van der Waals surface area (Å²) in [7, 11) is 1.96. The highest BCUT2D eigenvalue weighted by Gasteiger charge is 2.79. The first kappa shape index (κ1) is 59.7. The number of hydrogen-bond donors (Lipinski definition) is 6. The average Bonchev–Trinajstić information content (AvgIpc) is 1.14. The molecule has 16 unspecified atom stereocenters. The largest absolute Gasteiger partial charge is 0.393 e. The summed E-state index contributed by atoms with van der Waals surface area (Å²) in [5.41, 5.74) is 4.34. The van der Waals surface area contributed by atoms with Gasteiger partial charge in [-0.1, -0.05) is 79.4 Å². The zero-order valence-electron chi connectivity index (χ0n) is 53.4. The second-order valence-electron chi connectivity index (χ2n) is 32.4. The van der Waals surface area contributed by atoms with Gasteiger partial charge in [0.2, 0.25) is 0 Å². The van der Waals surface area contributed by atoms with Crippen molar-refractivity contribution in [2.45, 2.75) is 251 Å². The normalized spacial score (nSPS) is 40.9. The molecule has 12 heteroatoms. The van der Waals surface area contributed by atoms with Gasteiger partial charge in [-0.15, -0.1) is 11.8 Å². The first-order chi connectivity index (χ1) is 40.9. The number of aromatic amines is 1. The monoisotopic (exact) mass is 1180 g/mol. The third kappa shape index (κ3) is 8.54. The van der Waals surface area contributed by atoms with Crippen LogP contribution in [0, 0.1) is 79.8 Å². The maximum atomic E-state index is 16.3. The fourth-order valence-corrected chi connectivity index (χ4v) is 22.7. The summed E-state index contributed by atoms with van der Waals surface area (Å²) in [5.74, 6) is 6.92. The van der Waals surface area contributed by atoms with Crippen molar-refractivity contribution in [1.29, 1.82) is 0 Å². The van der Waals surface area contributed by atoms with Gasteiger partial charge in [-0.25, -0.2) is 0 Å². The van der Waals surface area contributed by atoms with Gasteiger partial charge in [0.05, 0.1) is 46.5 Å². The van der Waals surface area contributed by atoms with Crippen LogP contribution in [0.1, 0.15) is 229 Å². The molecule has 2 saturated heterocycles. The molecular formula is C74H101N3O9. The van der Waals surface area contributed by atoms with Crippen LogP contribution < -0.4 is 5.32 Å². The minimum absolute atomic E-state index is 0.0924. The van der Waals surface area contributed by atoms with Crippen LogP contribution in [0.5, 0.6) is 0 Å². The van der Waals surface area contributed by atoms with Crippen LogP contribution in [-0.4, -0.2) is 104 Å². The average molecular weight is 1180 g/mol. The van der Waals surface area contributed by atoms with Gasteiger partial charge in [0.1, 0.15) is 17.7 Å². The molecular weight excluding hydrogens is 1070 g/mol. The molecule has 12 nitrogen and oxygen atoms in total. The molecule has 1 aromatic carbocycles. The van der Waals surface area contributed by atoms with Crippen molar-refractivity contribution in [3.8, 4) is 11.8 Å². The van der Waals surface area contributed by atoms with E-state index in [4.69, 9.17) is 9.47 Å². The lowest BCUT2D eigenvalue weighted by Crippen LogP contribution is -2.73. The Morgan fingerprint density at radius 3 is 2.35 bits per heavy atom. The Bertz CT molecular complexity index is 3340. The van der Waals surface area contributed by atoms with E-state index < -0.39 is 85.9 Å². The molecule has 2 aromatic heterocycles. The van der Waals surface area contributed by atoms with E-state index in [1.807, 2.05) is 20.9 Å². The zero-order valence-corrected chi connectivity index (χ0v) is 53.4. The minimum atomic E-state index is -1.08. The molecule has 6 N–H and O–H groups in total. The summed E-state index contributed by atoms with van der Waals surface area (Å²) >= 11 is 0. The van der Waals surface area contributed by atoms with Gasteiger partial charge in [-0.05, 0) is 184 Å². The Morgan fingerprint density at radius 2 is 1.65 bits per heavy atom. The molecule has 14 rings (SSSR count). The van der Waals surface area contributed by atoms with E-state index in [1.54, 1.807) is 0 Å². The van der Waals surface area contributed by atoms with E-state index in [0.717, 1.165) is 94.9 Å². The third-order valence-electron chi connectivity index (χ3n) is 27.4. The van der Waals surface area contributed by atoms with Gasteiger partial charge >= 0.3 is 0 Å². The van der Waals surface area contributed by atoms with Gasteiger partial charge in [0, 0.05) is 110 Å². The van der Waals surface area contributed by atoms with E-state index in [-0.39, 0.29) is 41.5 Å². The summed E-state index contributed by atoms with van der Waals surface area (Å²) in [6, 6.07) is 4.74. The van der Waals surface area contributed by atoms with Crippen molar-refractivity contribution in [3.05, 3.63) is 69.1 Å². The van der Waals surface area contributed by atoms with Crippen molar-refractivity contribution in [3.63, 3.8) is 0 Å². The number of nitrogens with zero attached hydrogens (tertiary/aromatic N) is 1. The molecule has 7 fully saturated rings. The minimum Gasteiger partial charge on any atom is -0.393 e. The van der Waals surface area contributed by atoms with Crippen molar-refractivity contribution in [2.24, 2.45) is 68.0 Å². The number of H-pyrrole nitrogens is 1. The fourth-order valence-electron chi connectivity index (χ4n) is 22.7. The first-order valence-electron chi connectivity index (χ1n) is 34.2. The number of ether oxygens (including phenoxy) is 2. The van der Waals surface area contributed by atoms with Crippen LogP contribution in [0.4, 0.5) is 0 Å². The van der Waals surface area contributed by atoms with Crippen molar-refractivity contribution < 1.29 is 44.3 Å². The molecule has 3 aliphatic heterocycles. The quantitative estimate of drug-likeness (QED) is 0.0753. The first-order valence-corrected chi connectivity index (χ1v) is 34.2. The van der Waals surface area contributed by atoms with E-state index in [1.165, 1.54) is 12.0 Å². The number of fused-ring (bicyclic) bond motifs is 5. The second kappa shape index (κ2) is 20.8. The fraction of sp³-hybridized carbons (Fsp3) is 0.743. The summed E-state index contributed by atoms with van der Waals surface area (Å²) in [6.07, 6.45) is 17.1. The van der Waals surface area contributed by atoms with Gasteiger partial charge in [0.15, 0.2) is 5.78 Å². The molecule has 5 saturated carbocycles. The molecule has 5 bridgehead atoms. The van der Waals surface area contributed by atoms with Crippen LogP contribution in [0.15, 0.2) is 35.7 Å². The number of carbonyl (C=O) groups excluding carboxylic acids is 3. The molecule has 5 heterocycles. The Morgan fingerprint density at radius 1 is 0.895 bits per heavy atom. The van der Waals surface area contributed by atoms with Crippen LogP contribution in [0.2, 0.25) is 0 Å². The molecule has 2 spiro atoms. The number of rotatable bonds is 12. The Labute approximate surface area is 511 Å². The van der Waals surface area contributed by atoms with Gasteiger partial charge < -0.3 is 44.8 Å².